The molecule has 94 valence electrons. The van der Waals surface area contributed by atoms with Gasteiger partial charge in [-0.05, 0) is 38.3 Å². The quantitative estimate of drug-likeness (QED) is 0.808. The van der Waals surface area contributed by atoms with Crippen molar-refractivity contribution >= 4 is 5.82 Å². The second kappa shape index (κ2) is 4.63. The van der Waals surface area contributed by atoms with Crippen molar-refractivity contribution in [2.24, 2.45) is 5.73 Å². The van der Waals surface area contributed by atoms with E-state index >= 15 is 0 Å². The average molecular weight is 235 g/mol. The lowest BCUT2D eigenvalue weighted by Crippen LogP contribution is -2.43. The maximum absolute atomic E-state index is 9.95. The molecule has 4 heteroatoms. The van der Waals surface area contributed by atoms with Gasteiger partial charge in [-0.1, -0.05) is 0 Å². The van der Waals surface area contributed by atoms with E-state index in [1.54, 1.807) is 0 Å². The Labute approximate surface area is 102 Å². The number of piperidine rings is 1. The molecule has 17 heavy (non-hydrogen) atoms. The Kier molecular flexibility index (Phi) is 3.35. The van der Waals surface area contributed by atoms with E-state index in [1.807, 2.05) is 19.2 Å². The Morgan fingerprint density at radius 1 is 1.47 bits per heavy atom. The second-order valence-electron chi connectivity index (χ2n) is 5.12. The third-order valence-corrected chi connectivity index (χ3v) is 3.61. The van der Waals surface area contributed by atoms with E-state index in [2.05, 4.69) is 16.8 Å². The van der Waals surface area contributed by atoms with Crippen molar-refractivity contribution < 1.29 is 5.11 Å². The Bertz CT molecular complexity index is 394. The first-order valence-electron chi connectivity index (χ1n) is 6.15. The summed E-state index contributed by atoms with van der Waals surface area (Å²) in [7, 11) is 0. The van der Waals surface area contributed by atoms with E-state index in [0.717, 1.165) is 37.3 Å². The zero-order chi connectivity index (χ0) is 12.5. The van der Waals surface area contributed by atoms with Gasteiger partial charge in [0.1, 0.15) is 5.82 Å². The molecule has 1 fully saturated rings. The van der Waals surface area contributed by atoms with Gasteiger partial charge in [-0.15, -0.1) is 0 Å². The standard InChI is InChI=1S/C13H21N3O/c1-10-3-6-15-12(11(10)9-14)16-7-4-13(2,17)5-8-16/h3,6,17H,4-5,7-9,14H2,1-2H3. The highest BCUT2D eigenvalue weighted by atomic mass is 16.3. The maximum atomic E-state index is 9.95. The number of hydrogen-bond donors (Lipinski definition) is 2. The molecule has 2 heterocycles. The SMILES string of the molecule is Cc1ccnc(N2CCC(C)(O)CC2)c1CN. The van der Waals surface area contributed by atoms with Crippen LogP contribution >= 0.6 is 0 Å². The normalized spacial score (nSPS) is 19.4. The zero-order valence-corrected chi connectivity index (χ0v) is 10.6. The number of aromatic nitrogens is 1. The molecule has 0 amide bonds. The van der Waals surface area contributed by atoms with E-state index in [9.17, 15) is 5.11 Å². The number of rotatable bonds is 2. The summed E-state index contributed by atoms with van der Waals surface area (Å²) in [6, 6.07) is 1.99. The molecule has 1 aromatic rings. The van der Waals surface area contributed by atoms with Crippen LogP contribution in [0.3, 0.4) is 0 Å². The molecule has 0 atom stereocenters. The van der Waals surface area contributed by atoms with Crippen LogP contribution in [-0.2, 0) is 6.54 Å². The van der Waals surface area contributed by atoms with E-state index in [0.29, 0.717) is 6.54 Å². The van der Waals surface area contributed by atoms with Crippen LogP contribution in [0.2, 0.25) is 0 Å². The molecule has 4 nitrogen and oxygen atoms in total. The fourth-order valence-corrected chi connectivity index (χ4v) is 2.30. The minimum absolute atomic E-state index is 0.516. The first-order chi connectivity index (χ1) is 8.03. The number of nitrogens with two attached hydrogens (primary N) is 1. The minimum Gasteiger partial charge on any atom is -0.390 e. The fourth-order valence-electron chi connectivity index (χ4n) is 2.30. The summed E-state index contributed by atoms with van der Waals surface area (Å²) in [5, 5.41) is 9.95. The molecular weight excluding hydrogens is 214 g/mol. The Morgan fingerprint density at radius 3 is 2.71 bits per heavy atom. The van der Waals surface area contributed by atoms with Crippen molar-refractivity contribution in [2.75, 3.05) is 18.0 Å². The number of anilines is 1. The molecule has 1 saturated heterocycles. The summed E-state index contributed by atoms with van der Waals surface area (Å²) < 4.78 is 0. The Balaban J connectivity index is 2.21. The molecule has 1 aliphatic rings. The van der Waals surface area contributed by atoms with E-state index in [1.165, 1.54) is 5.56 Å². The van der Waals surface area contributed by atoms with Gasteiger partial charge in [0.2, 0.25) is 0 Å². The van der Waals surface area contributed by atoms with E-state index in [4.69, 9.17) is 5.73 Å². The van der Waals surface area contributed by atoms with Crippen LogP contribution in [0.1, 0.15) is 30.9 Å². The molecule has 1 aromatic heterocycles. The van der Waals surface area contributed by atoms with Crippen molar-refractivity contribution in [1.29, 1.82) is 0 Å². The highest BCUT2D eigenvalue weighted by molar-refractivity contribution is 5.50. The van der Waals surface area contributed by atoms with Crippen molar-refractivity contribution in [3.05, 3.63) is 23.4 Å². The van der Waals surface area contributed by atoms with Gasteiger partial charge < -0.3 is 15.7 Å². The fraction of sp³-hybridized carbons (Fsp3) is 0.615. The summed E-state index contributed by atoms with van der Waals surface area (Å²) >= 11 is 0. The molecule has 0 aromatic carbocycles. The highest BCUT2D eigenvalue weighted by Gasteiger charge is 2.28. The summed E-state index contributed by atoms with van der Waals surface area (Å²) in [5.41, 5.74) is 7.58. The Morgan fingerprint density at radius 2 is 2.12 bits per heavy atom. The lowest BCUT2D eigenvalue weighted by atomic mass is 9.93. The van der Waals surface area contributed by atoms with Crippen LogP contribution in [0.15, 0.2) is 12.3 Å². The molecule has 0 spiro atoms. The predicted octanol–water partition coefficient (Wildman–Crippen LogP) is 1.20. The molecule has 2 rings (SSSR count). The molecule has 0 saturated carbocycles. The van der Waals surface area contributed by atoms with Crippen LogP contribution in [-0.4, -0.2) is 28.8 Å². The second-order valence-corrected chi connectivity index (χ2v) is 5.12. The third kappa shape index (κ3) is 2.58. The summed E-state index contributed by atoms with van der Waals surface area (Å²) in [6.45, 7) is 6.17. The number of pyridine rings is 1. The molecule has 3 N–H and O–H groups in total. The van der Waals surface area contributed by atoms with Gasteiger partial charge in [-0.25, -0.2) is 4.98 Å². The van der Waals surface area contributed by atoms with Crippen molar-refractivity contribution in [3.63, 3.8) is 0 Å². The number of aryl methyl sites for hydroxylation is 1. The molecule has 0 aliphatic carbocycles. The molecule has 0 bridgehead atoms. The lowest BCUT2D eigenvalue weighted by molar-refractivity contribution is 0.0350. The van der Waals surface area contributed by atoms with Crippen LogP contribution in [0.5, 0.6) is 0 Å². The van der Waals surface area contributed by atoms with Crippen molar-refractivity contribution in [3.8, 4) is 0 Å². The van der Waals surface area contributed by atoms with Crippen LogP contribution in [0.4, 0.5) is 5.82 Å². The van der Waals surface area contributed by atoms with Crippen LogP contribution in [0.25, 0.3) is 0 Å². The summed E-state index contributed by atoms with van der Waals surface area (Å²) in [6.07, 6.45) is 3.40. The van der Waals surface area contributed by atoms with Crippen molar-refractivity contribution in [1.82, 2.24) is 4.98 Å². The predicted molar refractivity (Wildman–Crippen MR) is 68.9 cm³/mol. The average Bonchev–Trinajstić information content (AvgIpc) is 2.29. The van der Waals surface area contributed by atoms with Gasteiger partial charge in [-0.2, -0.15) is 0 Å². The van der Waals surface area contributed by atoms with Crippen LogP contribution in [0, 0.1) is 6.92 Å². The summed E-state index contributed by atoms with van der Waals surface area (Å²) in [5.74, 6) is 0.989. The van der Waals surface area contributed by atoms with E-state index < -0.39 is 5.60 Å². The topological polar surface area (TPSA) is 62.4 Å². The van der Waals surface area contributed by atoms with Gasteiger partial charge in [0.25, 0.3) is 0 Å². The molecule has 0 radical (unpaired) electrons. The highest BCUT2D eigenvalue weighted by Crippen LogP contribution is 2.27. The van der Waals surface area contributed by atoms with E-state index in [-0.39, 0.29) is 0 Å². The molecule has 0 unspecified atom stereocenters. The monoisotopic (exact) mass is 235 g/mol. The lowest BCUT2D eigenvalue weighted by Gasteiger charge is -2.37. The summed E-state index contributed by atoms with van der Waals surface area (Å²) in [4.78, 5) is 6.68. The maximum Gasteiger partial charge on any atom is 0.133 e. The largest absolute Gasteiger partial charge is 0.390 e. The zero-order valence-electron chi connectivity index (χ0n) is 10.6. The van der Waals surface area contributed by atoms with Gasteiger partial charge in [-0.3, -0.25) is 0 Å². The smallest absolute Gasteiger partial charge is 0.133 e. The molecular formula is C13H21N3O. The van der Waals surface area contributed by atoms with Gasteiger partial charge in [0.05, 0.1) is 5.60 Å². The number of aliphatic hydroxyl groups is 1. The first kappa shape index (κ1) is 12.3. The first-order valence-corrected chi connectivity index (χ1v) is 6.15. The third-order valence-electron chi connectivity index (χ3n) is 3.61. The number of nitrogens with zero attached hydrogens (tertiary/aromatic N) is 2. The molecule has 1 aliphatic heterocycles. The number of hydrogen-bond acceptors (Lipinski definition) is 4. The van der Waals surface area contributed by atoms with Crippen LogP contribution < -0.4 is 10.6 Å². The minimum atomic E-state index is -0.525. The van der Waals surface area contributed by atoms with Gasteiger partial charge in [0.15, 0.2) is 0 Å². The van der Waals surface area contributed by atoms with Crippen molar-refractivity contribution in [2.45, 2.75) is 38.8 Å². The Hall–Kier alpha value is -1.13. The van der Waals surface area contributed by atoms with Gasteiger partial charge in [0, 0.05) is 31.4 Å². The van der Waals surface area contributed by atoms with Gasteiger partial charge >= 0.3 is 0 Å².